The van der Waals surface area contributed by atoms with Crippen LogP contribution in [0.4, 0.5) is 5.69 Å². The molecule has 0 heterocycles. The average Bonchev–Trinajstić information content (AvgIpc) is 2.77. The van der Waals surface area contributed by atoms with Crippen LogP contribution in [0.2, 0.25) is 0 Å². The van der Waals surface area contributed by atoms with E-state index >= 15 is 0 Å². The predicted molar refractivity (Wildman–Crippen MR) is 140 cm³/mol. The summed E-state index contributed by atoms with van der Waals surface area (Å²) in [6.07, 6.45) is 25.3. The Bertz CT molecular complexity index is 656. The first-order valence-electron chi connectivity index (χ1n) is 13.7. The maximum absolute atomic E-state index is 11.3. The highest BCUT2D eigenvalue weighted by molar-refractivity contribution is 5.93. The maximum Gasteiger partial charge on any atom is 0.335 e. The van der Waals surface area contributed by atoms with Gasteiger partial charge in [-0.15, -0.1) is 0 Å². The van der Waals surface area contributed by atoms with Crippen molar-refractivity contribution >= 4 is 17.6 Å². The molecule has 0 aromatic heterocycles. The number of benzene rings is 1. The zero-order chi connectivity index (χ0) is 24.2. The minimum Gasteiger partial charge on any atom is -0.478 e. The number of aromatic carboxylic acids is 1. The zero-order valence-electron chi connectivity index (χ0n) is 21.4. The summed E-state index contributed by atoms with van der Waals surface area (Å²) in [5, 5.41) is 12.0. The van der Waals surface area contributed by atoms with Crippen molar-refractivity contribution < 1.29 is 14.7 Å². The Labute approximate surface area is 202 Å². The minimum absolute atomic E-state index is 0.184. The summed E-state index contributed by atoms with van der Waals surface area (Å²) in [6.45, 7) is 3.71. The first-order chi connectivity index (χ1) is 16.0. The van der Waals surface area contributed by atoms with Gasteiger partial charge in [0.05, 0.1) is 5.56 Å². The van der Waals surface area contributed by atoms with E-state index in [4.69, 9.17) is 0 Å². The fourth-order valence-corrected chi connectivity index (χ4v) is 4.47. The molecular weight excluding hydrogens is 410 g/mol. The molecule has 0 atom stereocenters. The zero-order valence-corrected chi connectivity index (χ0v) is 21.4. The molecule has 4 nitrogen and oxygen atoms in total. The molecule has 2 N–H and O–H groups in total. The molecule has 33 heavy (non-hydrogen) atoms. The summed E-state index contributed by atoms with van der Waals surface area (Å²) in [5.74, 6) is -1.14. The van der Waals surface area contributed by atoms with E-state index in [1.54, 1.807) is 6.07 Å². The van der Waals surface area contributed by atoms with Gasteiger partial charge in [0.15, 0.2) is 0 Å². The second-order valence-corrected chi connectivity index (χ2v) is 9.67. The number of carbonyl (C=O) groups is 2. The molecule has 0 spiro atoms. The van der Waals surface area contributed by atoms with Crippen LogP contribution in [0.15, 0.2) is 18.2 Å². The van der Waals surface area contributed by atoms with Gasteiger partial charge in [0.25, 0.3) is 0 Å². The largest absolute Gasteiger partial charge is 0.478 e. The van der Waals surface area contributed by atoms with Crippen molar-refractivity contribution in [3.63, 3.8) is 0 Å². The maximum atomic E-state index is 11.3. The Balaban J connectivity index is 1.97. The Morgan fingerprint density at radius 3 is 1.48 bits per heavy atom. The Kier molecular flexibility index (Phi) is 17.4. The van der Waals surface area contributed by atoms with Gasteiger partial charge >= 0.3 is 5.97 Å². The number of carboxylic acids is 1. The molecule has 0 aliphatic carbocycles. The monoisotopic (exact) mass is 459 g/mol. The van der Waals surface area contributed by atoms with Crippen molar-refractivity contribution in [1.82, 2.24) is 0 Å². The highest BCUT2D eigenvalue weighted by Gasteiger charge is 2.08. The van der Waals surface area contributed by atoms with Crippen LogP contribution >= 0.6 is 0 Å². The normalized spacial score (nSPS) is 11.0. The van der Waals surface area contributed by atoms with Crippen LogP contribution in [0, 0.1) is 0 Å². The lowest BCUT2D eigenvalue weighted by molar-refractivity contribution is -0.114. The number of hydrogen-bond donors (Lipinski definition) is 2. The van der Waals surface area contributed by atoms with Gasteiger partial charge < -0.3 is 10.4 Å². The van der Waals surface area contributed by atoms with E-state index in [0.29, 0.717) is 5.69 Å². The first-order valence-corrected chi connectivity index (χ1v) is 13.7. The van der Waals surface area contributed by atoms with E-state index < -0.39 is 5.97 Å². The van der Waals surface area contributed by atoms with Crippen molar-refractivity contribution in [2.75, 3.05) is 5.32 Å². The van der Waals surface area contributed by atoms with E-state index in [-0.39, 0.29) is 11.5 Å². The van der Waals surface area contributed by atoms with Crippen molar-refractivity contribution in [1.29, 1.82) is 0 Å². The molecule has 0 aliphatic rings. The quantitative estimate of drug-likeness (QED) is 0.180. The van der Waals surface area contributed by atoms with E-state index in [0.717, 1.165) is 18.4 Å². The van der Waals surface area contributed by atoms with Gasteiger partial charge in [-0.05, 0) is 36.6 Å². The number of carboxylic acid groups (broad SMARTS) is 1. The Morgan fingerprint density at radius 2 is 1.09 bits per heavy atom. The minimum atomic E-state index is -0.957. The predicted octanol–water partition coefficient (Wildman–Crippen LogP) is 8.93. The van der Waals surface area contributed by atoms with Crippen molar-refractivity contribution in [2.45, 2.75) is 136 Å². The smallest absolute Gasteiger partial charge is 0.335 e. The number of hydrogen-bond acceptors (Lipinski definition) is 2. The van der Waals surface area contributed by atoms with Gasteiger partial charge in [-0.2, -0.15) is 0 Å². The highest BCUT2D eigenvalue weighted by atomic mass is 16.4. The summed E-state index contributed by atoms with van der Waals surface area (Å²) in [7, 11) is 0. The Hall–Kier alpha value is -1.84. The number of aryl methyl sites for hydroxylation is 1. The van der Waals surface area contributed by atoms with Crippen LogP contribution < -0.4 is 5.32 Å². The number of rotatable bonds is 21. The van der Waals surface area contributed by atoms with Gasteiger partial charge in [-0.3, -0.25) is 4.79 Å². The van der Waals surface area contributed by atoms with Crippen LogP contribution in [-0.2, 0) is 11.2 Å². The summed E-state index contributed by atoms with van der Waals surface area (Å²) in [4.78, 5) is 22.6. The molecule has 1 rings (SSSR count). The molecule has 1 aromatic rings. The first kappa shape index (κ1) is 29.2. The third kappa shape index (κ3) is 16.4. The fourth-order valence-electron chi connectivity index (χ4n) is 4.47. The lowest BCUT2D eigenvalue weighted by Gasteiger charge is -2.08. The van der Waals surface area contributed by atoms with Crippen molar-refractivity contribution in [3.05, 3.63) is 29.3 Å². The molecule has 1 amide bonds. The van der Waals surface area contributed by atoms with Gasteiger partial charge in [-0.1, -0.05) is 116 Å². The lowest BCUT2D eigenvalue weighted by Crippen LogP contribution is -2.08. The Morgan fingerprint density at radius 1 is 0.667 bits per heavy atom. The van der Waals surface area contributed by atoms with Gasteiger partial charge in [0.2, 0.25) is 5.91 Å². The summed E-state index contributed by atoms with van der Waals surface area (Å²) in [5.41, 5.74) is 1.79. The van der Waals surface area contributed by atoms with Gasteiger partial charge in [0, 0.05) is 12.6 Å². The third-order valence-electron chi connectivity index (χ3n) is 6.38. The molecule has 0 unspecified atom stereocenters. The van der Waals surface area contributed by atoms with Gasteiger partial charge in [0.1, 0.15) is 0 Å². The van der Waals surface area contributed by atoms with Crippen LogP contribution in [0.5, 0.6) is 0 Å². The number of carbonyl (C=O) groups excluding carboxylic acids is 1. The molecule has 0 saturated heterocycles. The highest BCUT2D eigenvalue weighted by Crippen LogP contribution is 2.19. The molecule has 4 heteroatoms. The third-order valence-corrected chi connectivity index (χ3v) is 6.38. The molecule has 0 fully saturated rings. The topological polar surface area (TPSA) is 66.4 Å². The van der Waals surface area contributed by atoms with Crippen molar-refractivity contribution in [2.24, 2.45) is 0 Å². The second kappa shape index (κ2) is 19.6. The molecule has 0 bridgehead atoms. The van der Waals surface area contributed by atoms with E-state index in [1.807, 2.05) is 6.07 Å². The van der Waals surface area contributed by atoms with Crippen molar-refractivity contribution in [3.8, 4) is 0 Å². The average molecular weight is 460 g/mol. The summed E-state index contributed by atoms with van der Waals surface area (Å²) in [6, 6.07) is 5.13. The summed E-state index contributed by atoms with van der Waals surface area (Å²) < 4.78 is 0. The SMILES string of the molecule is CCCCCCCCCCCCCCCCCCCCc1cc(NC(C)=O)cc(C(=O)O)c1. The molecule has 1 aromatic carbocycles. The van der Waals surface area contributed by atoms with Crippen LogP contribution in [0.3, 0.4) is 0 Å². The molecule has 0 radical (unpaired) electrons. The van der Waals surface area contributed by atoms with Crippen LogP contribution in [0.1, 0.15) is 145 Å². The number of anilines is 1. The molecular formula is C29H49NO3. The van der Waals surface area contributed by atoms with E-state index in [9.17, 15) is 14.7 Å². The van der Waals surface area contributed by atoms with Crippen LogP contribution in [-0.4, -0.2) is 17.0 Å². The van der Waals surface area contributed by atoms with E-state index in [2.05, 4.69) is 12.2 Å². The fraction of sp³-hybridized carbons (Fsp3) is 0.724. The van der Waals surface area contributed by atoms with Gasteiger partial charge in [-0.25, -0.2) is 4.79 Å². The summed E-state index contributed by atoms with van der Waals surface area (Å²) >= 11 is 0. The van der Waals surface area contributed by atoms with Crippen LogP contribution in [0.25, 0.3) is 0 Å². The molecule has 188 valence electrons. The second-order valence-electron chi connectivity index (χ2n) is 9.67. The lowest BCUT2D eigenvalue weighted by atomic mass is 10.0. The standard InChI is InChI=1S/C29H49NO3/c1-3-4-5-6-7-8-9-10-11-12-13-14-15-16-17-18-19-20-21-26-22-27(29(32)33)24-28(23-26)30-25(2)31/h22-24H,3-21H2,1-2H3,(H,30,31)(H,32,33). The molecule has 0 aliphatic heterocycles. The van der Waals surface area contributed by atoms with E-state index in [1.165, 1.54) is 122 Å². The number of unbranched alkanes of at least 4 members (excludes halogenated alkanes) is 17. The number of nitrogens with one attached hydrogen (secondary N) is 1. The number of amides is 1. The molecule has 0 saturated carbocycles.